The second-order valence-corrected chi connectivity index (χ2v) is 4.40. The summed E-state index contributed by atoms with van der Waals surface area (Å²) in [6.07, 6.45) is 0. The molecule has 0 heterocycles. The molecule has 0 fully saturated rings. The van der Waals surface area contributed by atoms with Crippen LogP contribution in [0.1, 0.15) is 0 Å². The summed E-state index contributed by atoms with van der Waals surface area (Å²) >= 11 is 2.66. The molecule has 0 aliphatic carbocycles. The van der Waals surface area contributed by atoms with Crippen LogP contribution >= 0.6 is 12.6 Å². The van der Waals surface area contributed by atoms with Crippen molar-refractivity contribution in [2.45, 2.75) is 10.3 Å². The number of hydrogen-bond acceptors (Lipinski definition) is 4. The third-order valence-electron chi connectivity index (χ3n) is 1.24. The fraction of sp³-hybridized carbons (Fsp3) is 0.143. The molecule has 0 radical (unpaired) electrons. The van der Waals surface area contributed by atoms with Crippen molar-refractivity contribution in [3.8, 4) is 0 Å². The summed E-state index contributed by atoms with van der Waals surface area (Å²) in [4.78, 5) is -0.339. The van der Waals surface area contributed by atoms with E-state index in [0.29, 0.717) is 0 Å². The van der Waals surface area contributed by atoms with Crippen LogP contribution in [0, 0.1) is 0 Å². The van der Waals surface area contributed by atoms with Crippen LogP contribution < -0.4 is 0 Å². The average Bonchev–Trinajstić information content (AvgIpc) is 2.01. The van der Waals surface area contributed by atoms with E-state index >= 15 is 0 Å². The first kappa shape index (κ1) is 11.4. The van der Waals surface area contributed by atoms with Gasteiger partial charge in [0, 0.05) is 0 Å². The minimum absolute atomic E-state index is 0.339. The van der Waals surface area contributed by atoms with E-state index in [1.54, 1.807) is 6.07 Å². The fourth-order valence-electron chi connectivity index (χ4n) is 0.767. The molecule has 0 unspecified atom stereocenters. The molecule has 0 saturated carbocycles. The standard InChI is InChI=1S/C7H6F2O3S2/c8-7(9,13)12-14(10,11)6-4-2-1-3-5-6/h1-5,13H. The second kappa shape index (κ2) is 3.84. The van der Waals surface area contributed by atoms with E-state index < -0.39 is 15.6 Å². The Labute approximate surface area is 85.2 Å². The Hall–Kier alpha value is -0.660. The SMILES string of the molecule is O=S(=O)(OC(F)(F)S)c1ccccc1. The van der Waals surface area contributed by atoms with E-state index in [1.165, 1.54) is 12.1 Å². The van der Waals surface area contributed by atoms with E-state index in [9.17, 15) is 17.2 Å². The molecule has 7 heteroatoms. The van der Waals surface area contributed by atoms with Crippen molar-refractivity contribution in [3.63, 3.8) is 0 Å². The topological polar surface area (TPSA) is 43.4 Å². The minimum Gasteiger partial charge on any atom is -0.194 e. The first-order valence-electron chi connectivity index (χ1n) is 3.42. The molecule has 0 spiro atoms. The predicted octanol–water partition coefficient (Wildman–Crippen LogP) is 1.87. The first-order chi connectivity index (χ1) is 6.31. The molecule has 1 aromatic rings. The van der Waals surface area contributed by atoms with E-state index in [4.69, 9.17) is 0 Å². The minimum atomic E-state index is -4.44. The summed E-state index contributed by atoms with van der Waals surface area (Å²) in [7, 11) is -4.44. The molecular formula is C7H6F2O3S2. The van der Waals surface area contributed by atoms with Crippen molar-refractivity contribution in [2.24, 2.45) is 0 Å². The molecule has 0 atom stereocenters. The highest BCUT2D eigenvalue weighted by Gasteiger charge is 2.32. The maximum atomic E-state index is 12.2. The third-order valence-corrected chi connectivity index (χ3v) is 2.73. The van der Waals surface area contributed by atoms with Crippen LogP contribution in [0.25, 0.3) is 0 Å². The summed E-state index contributed by atoms with van der Waals surface area (Å²) in [6, 6.07) is 6.64. The lowest BCUT2D eigenvalue weighted by atomic mass is 10.4. The zero-order chi connectivity index (χ0) is 10.8. The molecule has 1 aromatic carbocycles. The summed E-state index contributed by atoms with van der Waals surface area (Å²) in [5.41, 5.74) is -4.01. The lowest BCUT2D eigenvalue weighted by molar-refractivity contribution is -0.0807. The van der Waals surface area contributed by atoms with Gasteiger partial charge in [0.2, 0.25) is 0 Å². The molecule has 0 aliphatic rings. The number of rotatable bonds is 3. The molecule has 0 aliphatic heterocycles. The summed E-state index contributed by atoms with van der Waals surface area (Å²) in [6.45, 7) is 0. The monoisotopic (exact) mass is 240 g/mol. The van der Waals surface area contributed by atoms with Crippen molar-refractivity contribution in [1.82, 2.24) is 0 Å². The molecule has 1 rings (SSSR count). The van der Waals surface area contributed by atoms with E-state index in [0.717, 1.165) is 12.1 Å². The number of benzene rings is 1. The Bertz CT molecular complexity index is 397. The van der Waals surface area contributed by atoms with Crippen molar-refractivity contribution >= 4 is 22.7 Å². The van der Waals surface area contributed by atoms with Gasteiger partial charge in [0.05, 0.1) is 4.90 Å². The summed E-state index contributed by atoms with van der Waals surface area (Å²) in [5, 5.41) is 0. The van der Waals surface area contributed by atoms with Gasteiger partial charge in [0.25, 0.3) is 0 Å². The van der Waals surface area contributed by atoms with Crippen LogP contribution in [0.2, 0.25) is 0 Å². The van der Waals surface area contributed by atoms with Crippen LogP contribution in [0.4, 0.5) is 8.78 Å². The number of alkyl halides is 2. The van der Waals surface area contributed by atoms with Crippen LogP contribution in [0.15, 0.2) is 35.2 Å². The molecule has 0 aromatic heterocycles. The number of hydrogen-bond donors (Lipinski definition) is 1. The van der Waals surface area contributed by atoms with Gasteiger partial charge < -0.3 is 0 Å². The Morgan fingerprint density at radius 1 is 1.21 bits per heavy atom. The highest BCUT2D eigenvalue weighted by molar-refractivity contribution is 7.88. The quantitative estimate of drug-likeness (QED) is 0.498. The molecule has 3 nitrogen and oxygen atoms in total. The van der Waals surface area contributed by atoms with Gasteiger partial charge in [-0.25, -0.2) is 0 Å². The van der Waals surface area contributed by atoms with Gasteiger partial charge in [0.15, 0.2) is 0 Å². The molecule has 0 bridgehead atoms. The fourth-order valence-corrected chi connectivity index (χ4v) is 1.91. The van der Waals surface area contributed by atoms with Crippen LogP contribution in [0.5, 0.6) is 0 Å². The van der Waals surface area contributed by atoms with Gasteiger partial charge in [-0.2, -0.15) is 21.4 Å². The van der Waals surface area contributed by atoms with Gasteiger partial charge in [0.1, 0.15) is 0 Å². The zero-order valence-electron chi connectivity index (χ0n) is 6.72. The lowest BCUT2D eigenvalue weighted by Crippen LogP contribution is -2.18. The van der Waals surface area contributed by atoms with Gasteiger partial charge in [-0.3, -0.25) is 0 Å². The number of thiol groups is 1. The Balaban J connectivity index is 2.99. The zero-order valence-corrected chi connectivity index (χ0v) is 8.43. The average molecular weight is 240 g/mol. The van der Waals surface area contributed by atoms with E-state index in [-0.39, 0.29) is 4.90 Å². The lowest BCUT2D eigenvalue weighted by Gasteiger charge is -2.09. The first-order valence-corrected chi connectivity index (χ1v) is 5.28. The van der Waals surface area contributed by atoms with Crippen LogP contribution in [0.3, 0.4) is 0 Å². The van der Waals surface area contributed by atoms with Gasteiger partial charge in [-0.1, -0.05) is 30.8 Å². The highest BCUT2D eigenvalue weighted by atomic mass is 32.2. The van der Waals surface area contributed by atoms with E-state index in [2.05, 4.69) is 16.8 Å². The molecular weight excluding hydrogens is 234 g/mol. The van der Waals surface area contributed by atoms with Crippen molar-refractivity contribution in [2.75, 3.05) is 0 Å². The maximum absolute atomic E-state index is 12.2. The van der Waals surface area contributed by atoms with Gasteiger partial charge in [-0.15, -0.1) is 0 Å². The van der Waals surface area contributed by atoms with Gasteiger partial charge >= 0.3 is 15.6 Å². The largest absolute Gasteiger partial charge is 0.419 e. The predicted molar refractivity (Wildman–Crippen MR) is 48.6 cm³/mol. The van der Waals surface area contributed by atoms with Crippen molar-refractivity contribution in [3.05, 3.63) is 30.3 Å². The van der Waals surface area contributed by atoms with Crippen LogP contribution in [-0.4, -0.2) is 13.9 Å². The Kier molecular flexibility index (Phi) is 3.13. The second-order valence-electron chi connectivity index (χ2n) is 2.34. The van der Waals surface area contributed by atoms with Crippen LogP contribution in [-0.2, 0) is 14.3 Å². The third kappa shape index (κ3) is 3.24. The van der Waals surface area contributed by atoms with Crippen molar-refractivity contribution in [1.29, 1.82) is 0 Å². The van der Waals surface area contributed by atoms with Crippen molar-refractivity contribution < 1.29 is 21.4 Å². The Morgan fingerprint density at radius 2 is 1.71 bits per heavy atom. The van der Waals surface area contributed by atoms with Gasteiger partial charge in [-0.05, 0) is 12.1 Å². The highest BCUT2D eigenvalue weighted by Crippen LogP contribution is 2.25. The summed E-state index contributed by atoms with van der Waals surface area (Å²) < 4.78 is 50.0. The molecule has 0 saturated heterocycles. The number of halogens is 2. The smallest absolute Gasteiger partial charge is 0.194 e. The Morgan fingerprint density at radius 3 is 2.14 bits per heavy atom. The molecule has 0 amide bonds. The summed E-state index contributed by atoms with van der Waals surface area (Å²) in [5.74, 6) is 0. The molecule has 14 heavy (non-hydrogen) atoms. The maximum Gasteiger partial charge on any atom is 0.419 e. The normalized spacial score (nSPS) is 12.8. The molecule has 78 valence electrons. The molecule has 0 N–H and O–H groups in total. The van der Waals surface area contributed by atoms with E-state index in [1.807, 2.05) is 0 Å².